The molecule has 0 aliphatic rings. The minimum atomic E-state index is -0.427. The summed E-state index contributed by atoms with van der Waals surface area (Å²) in [6.45, 7) is 5.92. The molecule has 146 valence electrons. The quantitative estimate of drug-likeness (QED) is 0.231. The van der Waals surface area contributed by atoms with Crippen LogP contribution in [0.3, 0.4) is 0 Å². The molecule has 0 bridgehead atoms. The third-order valence-corrected chi connectivity index (χ3v) is 3.69. The van der Waals surface area contributed by atoms with Gasteiger partial charge in [0.2, 0.25) is 0 Å². The van der Waals surface area contributed by atoms with Crippen molar-refractivity contribution in [2.45, 2.75) is 64.5 Å². The van der Waals surface area contributed by atoms with Crippen molar-refractivity contribution in [3.63, 3.8) is 0 Å². The monoisotopic (exact) mass is 349 g/mol. The molecule has 6 nitrogen and oxygen atoms in total. The minimum absolute atomic E-state index is 0.0426. The van der Waals surface area contributed by atoms with Gasteiger partial charge in [-0.3, -0.25) is 5.32 Å². The van der Waals surface area contributed by atoms with Crippen molar-refractivity contribution in [2.24, 2.45) is 0 Å². The van der Waals surface area contributed by atoms with E-state index in [9.17, 15) is 5.11 Å². The van der Waals surface area contributed by atoms with Gasteiger partial charge in [0.15, 0.2) is 0 Å². The highest BCUT2D eigenvalue weighted by atomic mass is 16.5. The molecule has 24 heavy (non-hydrogen) atoms. The van der Waals surface area contributed by atoms with Crippen molar-refractivity contribution in [1.82, 2.24) is 5.32 Å². The molecule has 0 amide bonds. The highest BCUT2D eigenvalue weighted by Crippen LogP contribution is 2.08. The van der Waals surface area contributed by atoms with E-state index in [-0.39, 0.29) is 6.61 Å². The maximum absolute atomic E-state index is 9.81. The summed E-state index contributed by atoms with van der Waals surface area (Å²) in [5.74, 6) is 0. The van der Waals surface area contributed by atoms with Gasteiger partial charge in [-0.1, -0.05) is 45.4 Å². The molecule has 0 heterocycles. The fraction of sp³-hybridized carbons (Fsp3) is 1.00. The van der Waals surface area contributed by atoms with Crippen LogP contribution in [0.25, 0.3) is 0 Å². The second-order valence-electron chi connectivity index (χ2n) is 5.94. The number of hydrogen-bond donors (Lipinski definition) is 3. The summed E-state index contributed by atoms with van der Waals surface area (Å²) in [7, 11) is 0. The topological polar surface area (TPSA) is 80.2 Å². The highest BCUT2D eigenvalue weighted by Gasteiger charge is 2.02. The van der Waals surface area contributed by atoms with Gasteiger partial charge < -0.3 is 24.4 Å². The predicted molar refractivity (Wildman–Crippen MR) is 96.2 cm³/mol. The summed E-state index contributed by atoms with van der Waals surface area (Å²) < 4.78 is 15.8. The van der Waals surface area contributed by atoms with E-state index < -0.39 is 6.23 Å². The normalized spacial score (nSPS) is 12.6. The molecule has 0 saturated carbocycles. The van der Waals surface area contributed by atoms with Gasteiger partial charge in [0, 0.05) is 6.54 Å². The van der Waals surface area contributed by atoms with E-state index in [4.69, 9.17) is 19.3 Å². The lowest BCUT2D eigenvalue weighted by Gasteiger charge is -2.13. The Morgan fingerprint density at radius 2 is 1.29 bits per heavy atom. The van der Waals surface area contributed by atoms with Gasteiger partial charge in [0.05, 0.1) is 46.2 Å². The van der Waals surface area contributed by atoms with Crippen LogP contribution in [0.5, 0.6) is 0 Å². The Balaban J connectivity index is 3.11. The van der Waals surface area contributed by atoms with E-state index >= 15 is 0 Å². The van der Waals surface area contributed by atoms with Crippen LogP contribution in [-0.2, 0) is 14.2 Å². The van der Waals surface area contributed by atoms with Gasteiger partial charge in [-0.25, -0.2) is 0 Å². The smallest absolute Gasteiger partial charge is 0.104 e. The number of hydrogen-bond acceptors (Lipinski definition) is 6. The van der Waals surface area contributed by atoms with Crippen LogP contribution in [0.2, 0.25) is 0 Å². The molecule has 0 saturated heterocycles. The molecule has 0 spiro atoms. The number of nitrogens with one attached hydrogen (secondary N) is 1. The van der Waals surface area contributed by atoms with Crippen molar-refractivity contribution < 1.29 is 24.4 Å². The average Bonchev–Trinajstić information content (AvgIpc) is 2.59. The molecule has 0 aliphatic carbocycles. The standard InChI is InChI=1S/C18H39NO5/c1-2-3-4-5-6-7-8-9-18(21)19-10-12-22-14-16-24-17-15-23-13-11-20/h18-21H,2-17H2,1H3. The molecule has 0 rings (SSSR count). The van der Waals surface area contributed by atoms with Crippen molar-refractivity contribution in [1.29, 1.82) is 0 Å². The molecule has 1 unspecified atom stereocenters. The molecule has 0 aliphatic heterocycles. The Morgan fingerprint density at radius 3 is 1.92 bits per heavy atom. The van der Waals surface area contributed by atoms with Gasteiger partial charge in [-0.2, -0.15) is 0 Å². The molecule has 0 aromatic rings. The molecule has 0 radical (unpaired) electrons. The fourth-order valence-electron chi connectivity index (χ4n) is 2.30. The molecule has 1 atom stereocenters. The highest BCUT2D eigenvalue weighted by molar-refractivity contribution is 4.54. The Hall–Kier alpha value is -0.240. The van der Waals surface area contributed by atoms with E-state index in [1.165, 1.54) is 38.5 Å². The molecule has 3 N–H and O–H groups in total. The second-order valence-corrected chi connectivity index (χ2v) is 5.94. The Bertz CT molecular complexity index is 231. The Morgan fingerprint density at radius 1 is 0.750 bits per heavy atom. The van der Waals surface area contributed by atoms with Crippen LogP contribution in [0.15, 0.2) is 0 Å². The van der Waals surface area contributed by atoms with E-state index in [2.05, 4.69) is 12.2 Å². The maximum Gasteiger partial charge on any atom is 0.104 e. The van der Waals surface area contributed by atoms with E-state index in [0.29, 0.717) is 46.2 Å². The largest absolute Gasteiger partial charge is 0.394 e. The van der Waals surface area contributed by atoms with Gasteiger partial charge in [-0.05, 0) is 12.8 Å². The van der Waals surface area contributed by atoms with Crippen molar-refractivity contribution in [3.8, 4) is 0 Å². The summed E-state index contributed by atoms with van der Waals surface area (Å²) >= 11 is 0. The maximum atomic E-state index is 9.81. The fourth-order valence-corrected chi connectivity index (χ4v) is 2.30. The van der Waals surface area contributed by atoms with Gasteiger partial charge in [0.25, 0.3) is 0 Å². The van der Waals surface area contributed by atoms with Crippen LogP contribution in [-0.4, -0.2) is 69.2 Å². The van der Waals surface area contributed by atoms with Crippen molar-refractivity contribution in [2.75, 3.05) is 52.8 Å². The zero-order valence-electron chi connectivity index (χ0n) is 15.5. The van der Waals surface area contributed by atoms with E-state index in [1.807, 2.05) is 0 Å². The van der Waals surface area contributed by atoms with Crippen LogP contribution < -0.4 is 5.32 Å². The third kappa shape index (κ3) is 19.8. The summed E-state index contributed by atoms with van der Waals surface area (Å²) in [5.41, 5.74) is 0. The Kier molecular flexibility index (Phi) is 20.6. The number of ether oxygens (including phenoxy) is 3. The van der Waals surface area contributed by atoms with Crippen LogP contribution in [0, 0.1) is 0 Å². The van der Waals surface area contributed by atoms with Crippen LogP contribution >= 0.6 is 0 Å². The lowest BCUT2D eigenvalue weighted by atomic mass is 10.1. The first-order valence-electron chi connectivity index (χ1n) is 9.56. The lowest BCUT2D eigenvalue weighted by Crippen LogP contribution is -2.31. The summed E-state index contributed by atoms with van der Waals surface area (Å²) in [6.07, 6.45) is 9.23. The number of unbranched alkanes of at least 4 members (excludes halogenated alkanes) is 6. The zero-order valence-corrected chi connectivity index (χ0v) is 15.5. The first kappa shape index (κ1) is 23.8. The zero-order chi connectivity index (χ0) is 17.7. The number of aliphatic hydroxyl groups is 2. The third-order valence-electron chi connectivity index (χ3n) is 3.69. The Labute approximate surface area is 147 Å². The van der Waals surface area contributed by atoms with Crippen molar-refractivity contribution >= 4 is 0 Å². The summed E-state index contributed by atoms with van der Waals surface area (Å²) in [6, 6.07) is 0. The molecular weight excluding hydrogens is 310 g/mol. The number of rotatable bonds is 20. The van der Waals surface area contributed by atoms with Crippen molar-refractivity contribution in [3.05, 3.63) is 0 Å². The lowest BCUT2D eigenvalue weighted by molar-refractivity contribution is 0.00643. The SMILES string of the molecule is CCCCCCCCCC(O)NCCOCCOCCOCCO. The van der Waals surface area contributed by atoms with E-state index in [0.717, 1.165) is 12.8 Å². The minimum Gasteiger partial charge on any atom is -0.394 e. The van der Waals surface area contributed by atoms with Gasteiger partial charge in [0.1, 0.15) is 6.23 Å². The molecule has 0 fully saturated rings. The number of aliphatic hydroxyl groups excluding tert-OH is 2. The molecular formula is C18H39NO5. The van der Waals surface area contributed by atoms with Gasteiger partial charge in [-0.15, -0.1) is 0 Å². The summed E-state index contributed by atoms with van der Waals surface area (Å²) in [5, 5.41) is 21.4. The van der Waals surface area contributed by atoms with Crippen LogP contribution in [0.1, 0.15) is 58.3 Å². The second kappa shape index (κ2) is 20.8. The first-order valence-corrected chi connectivity index (χ1v) is 9.56. The predicted octanol–water partition coefficient (Wildman–Crippen LogP) is 2.08. The first-order chi connectivity index (χ1) is 11.8. The molecule has 0 aromatic carbocycles. The summed E-state index contributed by atoms with van der Waals surface area (Å²) in [4.78, 5) is 0. The average molecular weight is 350 g/mol. The van der Waals surface area contributed by atoms with E-state index in [1.54, 1.807) is 0 Å². The molecule has 6 heteroatoms. The van der Waals surface area contributed by atoms with Gasteiger partial charge >= 0.3 is 0 Å². The van der Waals surface area contributed by atoms with Crippen LogP contribution in [0.4, 0.5) is 0 Å². The molecule has 0 aromatic heterocycles.